The average molecular weight is 382 g/mol. The fourth-order valence-corrected chi connectivity index (χ4v) is 2.96. The summed E-state index contributed by atoms with van der Waals surface area (Å²) in [5.41, 5.74) is 1.04. The fraction of sp³-hybridized carbons (Fsp3) is 0.227. The van der Waals surface area contributed by atoms with Crippen LogP contribution in [0.4, 0.5) is 0 Å². The highest BCUT2D eigenvalue weighted by Gasteiger charge is 2.20. The Balaban J connectivity index is 2.05. The zero-order valence-electron chi connectivity index (χ0n) is 16.0. The zero-order chi connectivity index (χ0) is 20.1. The molecular formula is C22H22O6. The molecule has 0 aliphatic heterocycles. The molecule has 1 N–H and O–H groups in total. The van der Waals surface area contributed by atoms with Crippen molar-refractivity contribution in [3.8, 4) is 23.0 Å². The predicted molar refractivity (Wildman–Crippen MR) is 105 cm³/mol. The molecule has 6 nitrogen and oxygen atoms in total. The fourth-order valence-electron chi connectivity index (χ4n) is 2.96. The summed E-state index contributed by atoms with van der Waals surface area (Å²) in [6.07, 6.45) is -0.165. The quantitative estimate of drug-likeness (QED) is 0.494. The van der Waals surface area contributed by atoms with Gasteiger partial charge in [-0.05, 0) is 36.1 Å². The molecule has 0 aliphatic rings. The molecule has 0 heterocycles. The number of carbonyl (C=O) groups is 1. The molecule has 3 aromatic rings. The molecule has 0 amide bonds. The first kappa shape index (κ1) is 19.5. The third-order valence-corrected chi connectivity index (χ3v) is 4.34. The van der Waals surface area contributed by atoms with Gasteiger partial charge in [0.05, 0.1) is 14.2 Å². The van der Waals surface area contributed by atoms with Gasteiger partial charge in [0, 0.05) is 5.39 Å². The second-order valence-corrected chi connectivity index (χ2v) is 6.13. The SMILES string of the molecule is COc1cc2ccc(OC(C)c3ccccc3)cc2c(OC(=O)CO)c1OC. The number of methoxy groups -OCH3 is 2. The Bertz CT molecular complexity index is 968. The van der Waals surface area contributed by atoms with Gasteiger partial charge in [0.25, 0.3) is 0 Å². The third-order valence-electron chi connectivity index (χ3n) is 4.34. The standard InChI is InChI=1S/C22H22O6/c1-14(15-7-5-4-6-8-15)27-17-10-9-16-11-19(25-2)22(26-3)21(18(16)12-17)28-20(24)13-23/h4-12,14,23H,13H2,1-3H3. The number of ether oxygens (including phenoxy) is 4. The van der Waals surface area contributed by atoms with Crippen molar-refractivity contribution in [2.75, 3.05) is 20.8 Å². The monoisotopic (exact) mass is 382 g/mol. The van der Waals surface area contributed by atoms with E-state index in [9.17, 15) is 4.79 Å². The van der Waals surface area contributed by atoms with E-state index < -0.39 is 12.6 Å². The number of esters is 1. The van der Waals surface area contributed by atoms with E-state index in [1.54, 1.807) is 12.1 Å². The summed E-state index contributed by atoms with van der Waals surface area (Å²) in [6.45, 7) is 1.21. The summed E-state index contributed by atoms with van der Waals surface area (Å²) in [4.78, 5) is 11.7. The van der Waals surface area contributed by atoms with E-state index in [0.717, 1.165) is 10.9 Å². The van der Waals surface area contributed by atoms with Gasteiger partial charge in [-0.2, -0.15) is 0 Å². The van der Waals surface area contributed by atoms with E-state index in [0.29, 0.717) is 16.9 Å². The van der Waals surface area contributed by atoms with E-state index >= 15 is 0 Å². The Morgan fingerprint density at radius 3 is 2.39 bits per heavy atom. The number of fused-ring (bicyclic) bond motifs is 1. The van der Waals surface area contributed by atoms with Crippen LogP contribution in [0.25, 0.3) is 10.8 Å². The smallest absolute Gasteiger partial charge is 0.337 e. The van der Waals surface area contributed by atoms with Crippen molar-refractivity contribution in [2.24, 2.45) is 0 Å². The molecule has 6 heteroatoms. The summed E-state index contributed by atoms with van der Waals surface area (Å²) < 4.78 is 22.1. The Hall–Kier alpha value is -3.25. The van der Waals surface area contributed by atoms with Crippen LogP contribution in [0.3, 0.4) is 0 Å². The topological polar surface area (TPSA) is 74.2 Å². The second-order valence-electron chi connectivity index (χ2n) is 6.13. The largest absolute Gasteiger partial charge is 0.493 e. The highest BCUT2D eigenvalue weighted by Crippen LogP contribution is 2.44. The lowest BCUT2D eigenvalue weighted by Crippen LogP contribution is -2.13. The highest BCUT2D eigenvalue weighted by atomic mass is 16.6. The molecule has 0 spiro atoms. The summed E-state index contributed by atoms with van der Waals surface area (Å²) >= 11 is 0. The molecule has 0 saturated heterocycles. The lowest BCUT2D eigenvalue weighted by Gasteiger charge is -2.18. The minimum atomic E-state index is -0.795. The minimum absolute atomic E-state index is 0.165. The van der Waals surface area contributed by atoms with E-state index in [2.05, 4.69) is 0 Å². The molecule has 1 atom stereocenters. The number of aliphatic hydroxyl groups is 1. The Kier molecular flexibility index (Phi) is 6.01. The van der Waals surface area contributed by atoms with Gasteiger partial charge in [-0.25, -0.2) is 4.79 Å². The number of aliphatic hydroxyl groups excluding tert-OH is 1. The molecule has 1 unspecified atom stereocenters. The molecule has 0 radical (unpaired) electrons. The van der Waals surface area contributed by atoms with E-state index in [-0.39, 0.29) is 17.6 Å². The maximum absolute atomic E-state index is 11.7. The molecule has 0 fully saturated rings. The lowest BCUT2D eigenvalue weighted by molar-refractivity contribution is -0.137. The summed E-state index contributed by atoms with van der Waals surface area (Å²) in [5, 5.41) is 10.5. The number of rotatable bonds is 7. The van der Waals surface area contributed by atoms with Crippen LogP contribution in [0, 0.1) is 0 Å². The van der Waals surface area contributed by atoms with E-state index in [4.69, 9.17) is 24.1 Å². The van der Waals surface area contributed by atoms with E-state index in [1.807, 2.05) is 49.4 Å². The predicted octanol–water partition coefficient (Wildman–Crippen LogP) is 3.89. The van der Waals surface area contributed by atoms with Crippen LogP contribution < -0.4 is 18.9 Å². The van der Waals surface area contributed by atoms with Crippen LogP contribution in [0.2, 0.25) is 0 Å². The summed E-state index contributed by atoms with van der Waals surface area (Å²) in [7, 11) is 2.96. The number of benzene rings is 3. The third kappa shape index (κ3) is 4.02. The first-order valence-electron chi connectivity index (χ1n) is 8.79. The van der Waals surface area contributed by atoms with Crippen molar-refractivity contribution in [1.82, 2.24) is 0 Å². The van der Waals surface area contributed by atoms with Crippen molar-refractivity contribution in [3.05, 3.63) is 60.2 Å². The van der Waals surface area contributed by atoms with Crippen LogP contribution in [0.15, 0.2) is 54.6 Å². The van der Waals surface area contributed by atoms with Crippen LogP contribution in [0.5, 0.6) is 23.0 Å². The molecule has 0 saturated carbocycles. The Morgan fingerprint density at radius 2 is 1.75 bits per heavy atom. The second kappa shape index (κ2) is 8.63. The van der Waals surface area contributed by atoms with Gasteiger partial charge in [0.1, 0.15) is 18.5 Å². The van der Waals surface area contributed by atoms with Gasteiger partial charge in [-0.15, -0.1) is 0 Å². The molecule has 146 valence electrons. The first-order valence-corrected chi connectivity index (χ1v) is 8.79. The Morgan fingerprint density at radius 1 is 1.00 bits per heavy atom. The number of hydrogen-bond acceptors (Lipinski definition) is 6. The van der Waals surface area contributed by atoms with Gasteiger partial charge in [-0.1, -0.05) is 36.4 Å². The van der Waals surface area contributed by atoms with Crippen molar-refractivity contribution < 1.29 is 28.8 Å². The molecule has 0 aliphatic carbocycles. The Labute approximate surface area is 163 Å². The average Bonchev–Trinajstić information content (AvgIpc) is 2.73. The molecule has 3 rings (SSSR count). The van der Waals surface area contributed by atoms with Gasteiger partial charge in [0.15, 0.2) is 11.5 Å². The summed E-state index contributed by atoms with van der Waals surface area (Å²) in [6, 6.07) is 17.1. The van der Waals surface area contributed by atoms with Gasteiger partial charge < -0.3 is 24.1 Å². The highest BCUT2D eigenvalue weighted by molar-refractivity contribution is 5.96. The van der Waals surface area contributed by atoms with Gasteiger partial charge in [-0.3, -0.25) is 0 Å². The van der Waals surface area contributed by atoms with Crippen LogP contribution in [0.1, 0.15) is 18.6 Å². The first-order chi connectivity index (χ1) is 13.6. The van der Waals surface area contributed by atoms with Crippen molar-refractivity contribution in [1.29, 1.82) is 0 Å². The van der Waals surface area contributed by atoms with Gasteiger partial charge in [0.2, 0.25) is 5.75 Å². The maximum atomic E-state index is 11.7. The van der Waals surface area contributed by atoms with E-state index in [1.165, 1.54) is 14.2 Å². The number of carbonyl (C=O) groups excluding carboxylic acids is 1. The molecular weight excluding hydrogens is 360 g/mol. The molecule has 28 heavy (non-hydrogen) atoms. The molecule has 0 aromatic heterocycles. The normalized spacial score (nSPS) is 11.7. The number of hydrogen-bond donors (Lipinski definition) is 1. The van der Waals surface area contributed by atoms with Crippen LogP contribution >= 0.6 is 0 Å². The molecule has 3 aromatic carbocycles. The van der Waals surface area contributed by atoms with Crippen LogP contribution in [-0.2, 0) is 4.79 Å². The minimum Gasteiger partial charge on any atom is -0.493 e. The van der Waals surface area contributed by atoms with Crippen LogP contribution in [-0.4, -0.2) is 31.9 Å². The van der Waals surface area contributed by atoms with Crippen molar-refractivity contribution in [3.63, 3.8) is 0 Å². The summed E-state index contributed by atoms with van der Waals surface area (Å²) in [5.74, 6) is 0.676. The van der Waals surface area contributed by atoms with Crippen molar-refractivity contribution in [2.45, 2.75) is 13.0 Å². The van der Waals surface area contributed by atoms with Gasteiger partial charge >= 0.3 is 5.97 Å². The zero-order valence-corrected chi connectivity index (χ0v) is 16.0. The maximum Gasteiger partial charge on any atom is 0.337 e. The van der Waals surface area contributed by atoms with Crippen molar-refractivity contribution >= 4 is 16.7 Å². The lowest BCUT2D eigenvalue weighted by atomic mass is 10.1. The molecule has 0 bridgehead atoms.